The molecule has 0 aliphatic heterocycles. The maximum Gasteiger partial charge on any atom is 0.230 e. The molecule has 0 radical (unpaired) electrons. The summed E-state index contributed by atoms with van der Waals surface area (Å²) in [5.41, 5.74) is 1.81. The predicted octanol–water partition coefficient (Wildman–Crippen LogP) is 3.60. The van der Waals surface area contributed by atoms with Crippen molar-refractivity contribution in [1.29, 1.82) is 0 Å². The third-order valence-corrected chi connectivity index (χ3v) is 5.93. The zero-order chi connectivity index (χ0) is 17.1. The molecule has 0 spiro atoms. The minimum absolute atomic E-state index is 0.0870. The molecule has 5 nitrogen and oxygen atoms in total. The van der Waals surface area contributed by atoms with Gasteiger partial charge >= 0.3 is 0 Å². The van der Waals surface area contributed by atoms with E-state index in [4.69, 9.17) is 4.74 Å². The lowest BCUT2D eigenvalue weighted by molar-refractivity contribution is -0.120. The van der Waals surface area contributed by atoms with Crippen molar-refractivity contribution in [3.05, 3.63) is 18.2 Å². The Morgan fingerprint density at radius 2 is 2.25 bits per heavy atom. The number of carbonyl (C=O) groups excluding carboxylic acids is 1. The van der Waals surface area contributed by atoms with Crippen LogP contribution >= 0.6 is 11.8 Å². The first-order chi connectivity index (χ1) is 11.6. The molecule has 1 aromatic carbocycles. The highest BCUT2D eigenvalue weighted by molar-refractivity contribution is 7.99. The molecule has 1 aliphatic carbocycles. The summed E-state index contributed by atoms with van der Waals surface area (Å²) in [5, 5.41) is 3.96. The number of nitrogens with zero attached hydrogens (tertiary/aromatic N) is 1. The fourth-order valence-corrected chi connectivity index (χ4v) is 4.02. The molecule has 3 rings (SSSR count). The van der Waals surface area contributed by atoms with Gasteiger partial charge in [0, 0.05) is 12.1 Å². The maximum absolute atomic E-state index is 12.3. The van der Waals surface area contributed by atoms with Crippen LogP contribution < -0.4 is 10.1 Å². The van der Waals surface area contributed by atoms with E-state index in [0.717, 1.165) is 28.4 Å². The average Bonchev–Trinajstić information content (AvgIpc) is 2.99. The summed E-state index contributed by atoms with van der Waals surface area (Å²) in [5.74, 6) is 2.49. The van der Waals surface area contributed by atoms with Crippen LogP contribution in [-0.2, 0) is 4.79 Å². The quantitative estimate of drug-likeness (QED) is 0.811. The molecule has 0 unspecified atom stereocenters. The molecule has 2 aromatic rings. The third-order valence-electron chi connectivity index (χ3n) is 5.06. The van der Waals surface area contributed by atoms with Crippen molar-refractivity contribution in [2.75, 3.05) is 12.9 Å². The van der Waals surface area contributed by atoms with Gasteiger partial charge in [0.05, 0.1) is 23.9 Å². The molecule has 1 heterocycles. The minimum atomic E-state index is 0.0870. The van der Waals surface area contributed by atoms with E-state index in [1.165, 1.54) is 24.6 Å². The van der Waals surface area contributed by atoms with Gasteiger partial charge in [-0.15, -0.1) is 0 Å². The lowest BCUT2D eigenvalue weighted by Crippen LogP contribution is -2.44. The molecule has 1 amide bonds. The molecular formula is C18H25N3O2S. The number of imidazole rings is 1. The number of aromatic amines is 1. The van der Waals surface area contributed by atoms with Crippen molar-refractivity contribution < 1.29 is 9.53 Å². The SMILES string of the molecule is COc1ccc2nc(SCC(=O)N[C@@H]3CCC[C@@H](C)[C@@H]3C)[nH]c2c1. The summed E-state index contributed by atoms with van der Waals surface area (Å²) in [6, 6.07) is 6.02. The van der Waals surface area contributed by atoms with E-state index >= 15 is 0 Å². The Kier molecular flexibility index (Phi) is 5.33. The Balaban J connectivity index is 1.56. The molecule has 1 aromatic heterocycles. The van der Waals surface area contributed by atoms with Crippen LogP contribution in [0.4, 0.5) is 0 Å². The van der Waals surface area contributed by atoms with Crippen LogP contribution in [0.2, 0.25) is 0 Å². The van der Waals surface area contributed by atoms with Gasteiger partial charge in [0.15, 0.2) is 5.16 Å². The smallest absolute Gasteiger partial charge is 0.230 e. The van der Waals surface area contributed by atoms with Crippen LogP contribution in [0, 0.1) is 11.8 Å². The van der Waals surface area contributed by atoms with Crippen molar-refractivity contribution in [1.82, 2.24) is 15.3 Å². The van der Waals surface area contributed by atoms with Crippen LogP contribution in [0.1, 0.15) is 33.1 Å². The van der Waals surface area contributed by atoms with E-state index in [0.29, 0.717) is 23.6 Å². The van der Waals surface area contributed by atoms with Crippen LogP contribution in [0.25, 0.3) is 11.0 Å². The normalized spacial score (nSPS) is 24.0. The van der Waals surface area contributed by atoms with Crippen LogP contribution in [-0.4, -0.2) is 34.8 Å². The van der Waals surface area contributed by atoms with Gasteiger partial charge < -0.3 is 15.0 Å². The summed E-state index contributed by atoms with van der Waals surface area (Å²) in [6.45, 7) is 4.52. The number of hydrogen-bond acceptors (Lipinski definition) is 4. The van der Waals surface area contributed by atoms with Gasteiger partial charge in [0.25, 0.3) is 0 Å². The molecule has 130 valence electrons. The number of amides is 1. The number of rotatable bonds is 5. The van der Waals surface area contributed by atoms with E-state index < -0.39 is 0 Å². The van der Waals surface area contributed by atoms with Crippen molar-refractivity contribution in [3.63, 3.8) is 0 Å². The highest BCUT2D eigenvalue weighted by Gasteiger charge is 2.28. The Labute approximate surface area is 146 Å². The lowest BCUT2D eigenvalue weighted by atomic mass is 9.78. The number of nitrogens with one attached hydrogen (secondary N) is 2. The number of aromatic nitrogens is 2. The van der Waals surface area contributed by atoms with Gasteiger partial charge in [-0.3, -0.25) is 4.79 Å². The van der Waals surface area contributed by atoms with E-state index in [-0.39, 0.29) is 5.91 Å². The second-order valence-corrected chi connectivity index (χ2v) is 7.62. The Morgan fingerprint density at radius 1 is 1.42 bits per heavy atom. The van der Waals surface area contributed by atoms with E-state index in [1.54, 1.807) is 7.11 Å². The van der Waals surface area contributed by atoms with Crippen LogP contribution in [0.15, 0.2) is 23.4 Å². The number of thioether (sulfide) groups is 1. The fourth-order valence-electron chi connectivity index (χ4n) is 3.33. The minimum Gasteiger partial charge on any atom is -0.497 e. The largest absolute Gasteiger partial charge is 0.497 e. The molecule has 1 saturated carbocycles. The third kappa shape index (κ3) is 3.86. The zero-order valence-electron chi connectivity index (χ0n) is 14.5. The summed E-state index contributed by atoms with van der Waals surface area (Å²) < 4.78 is 5.21. The molecule has 0 saturated heterocycles. The van der Waals surface area contributed by atoms with Gasteiger partial charge in [-0.25, -0.2) is 4.98 Å². The Hall–Kier alpha value is -1.69. The van der Waals surface area contributed by atoms with E-state index in [2.05, 4.69) is 29.1 Å². The molecular weight excluding hydrogens is 322 g/mol. The molecule has 1 aliphatic rings. The van der Waals surface area contributed by atoms with Crippen LogP contribution in [0.5, 0.6) is 5.75 Å². The van der Waals surface area contributed by atoms with Gasteiger partial charge in [-0.2, -0.15) is 0 Å². The monoisotopic (exact) mass is 347 g/mol. The van der Waals surface area contributed by atoms with Crippen molar-refractivity contribution in [2.24, 2.45) is 11.8 Å². The van der Waals surface area contributed by atoms with E-state index in [9.17, 15) is 4.79 Å². The molecule has 0 bridgehead atoms. The van der Waals surface area contributed by atoms with Crippen LogP contribution in [0.3, 0.4) is 0 Å². The fraction of sp³-hybridized carbons (Fsp3) is 0.556. The summed E-state index contributed by atoms with van der Waals surface area (Å²) in [7, 11) is 1.64. The van der Waals surface area contributed by atoms with E-state index in [1.807, 2.05) is 18.2 Å². The Morgan fingerprint density at radius 3 is 3.04 bits per heavy atom. The van der Waals surface area contributed by atoms with Gasteiger partial charge in [-0.05, 0) is 30.4 Å². The van der Waals surface area contributed by atoms with Crippen molar-refractivity contribution >= 4 is 28.7 Å². The summed E-state index contributed by atoms with van der Waals surface area (Å²) >= 11 is 1.44. The lowest BCUT2D eigenvalue weighted by Gasteiger charge is -2.34. The topological polar surface area (TPSA) is 67.0 Å². The Bertz CT molecular complexity index is 715. The van der Waals surface area contributed by atoms with Crippen molar-refractivity contribution in [2.45, 2.75) is 44.3 Å². The first kappa shape index (κ1) is 17.1. The molecule has 1 fully saturated rings. The van der Waals surface area contributed by atoms with Gasteiger partial charge in [0.1, 0.15) is 5.75 Å². The summed E-state index contributed by atoms with van der Waals surface area (Å²) in [4.78, 5) is 20.0. The summed E-state index contributed by atoms with van der Waals surface area (Å²) in [6.07, 6.45) is 3.56. The van der Waals surface area contributed by atoms with Gasteiger partial charge in [0.2, 0.25) is 5.91 Å². The van der Waals surface area contributed by atoms with Crippen molar-refractivity contribution in [3.8, 4) is 5.75 Å². The number of carbonyl (C=O) groups is 1. The maximum atomic E-state index is 12.3. The number of hydrogen-bond donors (Lipinski definition) is 2. The number of fused-ring (bicyclic) bond motifs is 1. The molecule has 2 N–H and O–H groups in total. The molecule has 6 heteroatoms. The second-order valence-electron chi connectivity index (χ2n) is 6.66. The molecule has 3 atom stereocenters. The average molecular weight is 347 g/mol. The second kappa shape index (κ2) is 7.47. The number of ether oxygens (including phenoxy) is 1. The first-order valence-electron chi connectivity index (χ1n) is 8.52. The van der Waals surface area contributed by atoms with Gasteiger partial charge in [-0.1, -0.05) is 38.5 Å². The number of methoxy groups -OCH3 is 1. The zero-order valence-corrected chi connectivity index (χ0v) is 15.3. The number of H-pyrrole nitrogens is 1. The highest BCUT2D eigenvalue weighted by Crippen LogP contribution is 2.29. The standard InChI is InChI=1S/C18H25N3O2S/c1-11-5-4-6-14(12(11)2)19-17(22)10-24-18-20-15-8-7-13(23-3)9-16(15)21-18/h7-9,11-12,14H,4-6,10H2,1-3H3,(H,19,22)(H,20,21)/t11-,12+,14-/m1/s1. The first-order valence-corrected chi connectivity index (χ1v) is 9.51. The predicted molar refractivity (Wildman–Crippen MR) is 97.5 cm³/mol. The number of benzene rings is 1. The highest BCUT2D eigenvalue weighted by atomic mass is 32.2. The molecule has 24 heavy (non-hydrogen) atoms.